The molecule has 2 nitrogen and oxygen atoms in total. The maximum Gasteiger partial charge on any atom is 0.0499 e. The molecule has 2 rings (SSSR count). The van der Waals surface area contributed by atoms with E-state index in [0.29, 0.717) is 6.61 Å². The van der Waals surface area contributed by atoms with Crippen LogP contribution >= 0.6 is 11.6 Å². The number of rotatable bonds is 5. The molecule has 1 fully saturated rings. The minimum atomic E-state index is 0.110. The van der Waals surface area contributed by atoms with E-state index in [1.54, 1.807) is 0 Å². The summed E-state index contributed by atoms with van der Waals surface area (Å²) in [4.78, 5) is 0. The highest BCUT2D eigenvalue weighted by Crippen LogP contribution is 2.35. The van der Waals surface area contributed by atoms with Crippen molar-refractivity contribution in [1.29, 1.82) is 0 Å². The molecule has 1 aliphatic rings. The Morgan fingerprint density at radius 1 is 1.26 bits per heavy atom. The average Bonchev–Trinajstić information content (AvgIpc) is 2.42. The van der Waals surface area contributed by atoms with Crippen molar-refractivity contribution in [2.75, 3.05) is 13.2 Å². The molecule has 3 heteroatoms. The Kier molecular flexibility index (Phi) is 5.26. The van der Waals surface area contributed by atoms with Crippen LogP contribution < -0.4 is 5.32 Å². The first-order valence-electron chi connectivity index (χ1n) is 7.22. The molecule has 0 aromatic heterocycles. The lowest BCUT2D eigenvalue weighted by molar-refractivity contribution is 0.0810. The van der Waals surface area contributed by atoms with Gasteiger partial charge in [0.25, 0.3) is 0 Å². The van der Waals surface area contributed by atoms with Gasteiger partial charge in [0, 0.05) is 30.1 Å². The molecule has 0 aliphatic heterocycles. The summed E-state index contributed by atoms with van der Waals surface area (Å²) in [5.41, 5.74) is 2.62. The van der Waals surface area contributed by atoms with Crippen molar-refractivity contribution < 1.29 is 5.11 Å². The first kappa shape index (κ1) is 14.8. The number of nitrogens with one attached hydrogen (secondary N) is 1. The molecule has 1 aliphatic carbocycles. The van der Waals surface area contributed by atoms with Crippen molar-refractivity contribution in [3.63, 3.8) is 0 Å². The van der Waals surface area contributed by atoms with E-state index >= 15 is 0 Å². The Labute approximate surface area is 121 Å². The van der Waals surface area contributed by atoms with Crippen LogP contribution in [0.3, 0.4) is 0 Å². The van der Waals surface area contributed by atoms with E-state index in [1.165, 1.54) is 30.4 Å². The molecule has 19 heavy (non-hydrogen) atoms. The fraction of sp³-hybridized carbons (Fsp3) is 0.625. The van der Waals surface area contributed by atoms with Crippen molar-refractivity contribution in [3.8, 4) is 0 Å². The summed E-state index contributed by atoms with van der Waals surface area (Å²) < 4.78 is 0. The van der Waals surface area contributed by atoms with Gasteiger partial charge >= 0.3 is 0 Å². The quantitative estimate of drug-likeness (QED) is 0.863. The van der Waals surface area contributed by atoms with Crippen molar-refractivity contribution in [2.24, 2.45) is 5.41 Å². The van der Waals surface area contributed by atoms with Crippen LogP contribution in [-0.4, -0.2) is 18.3 Å². The van der Waals surface area contributed by atoms with E-state index in [9.17, 15) is 5.11 Å². The molecule has 0 radical (unpaired) electrons. The predicted octanol–water partition coefficient (Wildman–Crippen LogP) is 3.68. The molecular weight excluding hydrogens is 258 g/mol. The Bertz CT molecular complexity index is 413. The fourth-order valence-electron chi connectivity index (χ4n) is 3.01. The highest BCUT2D eigenvalue weighted by molar-refractivity contribution is 6.30. The van der Waals surface area contributed by atoms with Gasteiger partial charge < -0.3 is 10.4 Å². The summed E-state index contributed by atoms with van der Waals surface area (Å²) in [6.07, 6.45) is 6.12. The van der Waals surface area contributed by atoms with E-state index in [1.807, 2.05) is 12.1 Å². The number of aliphatic hydroxyl groups is 1. The van der Waals surface area contributed by atoms with E-state index in [2.05, 4.69) is 18.3 Å². The van der Waals surface area contributed by atoms with Gasteiger partial charge in [-0.3, -0.25) is 0 Å². The topological polar surface area (TPSA) is 32.3 Å². The molecule has 0 unspecified atom stereocenters. The van der Waals surface area contributed by atoms with E-state index in [0.717, 1.165) is 31.0 Å². The molecule has 0 amide bonds. The van der Waals surface area contributed by atoms with Crippen LogP contribution in [0.25, 0.3) is 0 Å². The summed E-state index contributed by atoms with van der Waals surface area (Å²) in [7, 11) is 0. The zero-order valence-electron chi connectivity index (χ0n) is 11.7. The number of aryl methyl sites for hydroxylation is 1. The van der Waals surface area contributed by atoms with E-state index in [4.69, 9.17) is 11.6 Å². The van der Waals surface area contributed by atoms with Crippen molar-refractivity contribution in [3.05, 3.63) is 34.3 Å². The first-order chi connectivity index (χ1) is 9.15. The summed E-state index contributed by atoms with van der Waals surface area (Å²) in [5.74, 6) is 0. The van der Waals surface area contributed by atoms with Gasteiger partial charge in [0.05, 0.1) is 0 Å². The van der Waals surface area contributed by atoms with Gasteiger partial charge in [-0.1, -0.05) is 36.9 Å². The molecule has 2 N–H and O–H groups in total. The zero-order valence-corrected chi connectivity index (χ0v) is 12.5. The number of hydrogen-bond acceptors (Lipinski definition) is 2. The molecule has 1 aromatic carbocycles. The van der Waals surface area contributed by atoms with Gasteiger partial charge in [-0.15, -0.1) is 0 Å². The second-order valence-corrected chi connectivity index (χ2v) is 6.33. The molecule has 0 bridgehead atoms. The van der Waals surface area contributed by atoms with Crippen molar-refractivity contribution in [2.45, 2.75) is 45.6 Å². The average molecular weight is 282 g/mol. The minimum absolute atomic E-state index is 0.110. The van der Waals surface area contributed by atoms with Gasteiger partial charge in [0.15, 0.2) is 0 Å². The molecular formula is C16H24ClNO. The Balaban J connectivity index is 1.88. The lowest BCUT2D eigenvalue weighted by Crippen LogP contribution is -2.38. The number of hydrogen-bond donors (Lipinski definition) is 2. The summed E-state index contributed by atoms with van der Waals surface area (Å²) in [6, 6.07) is 6.02. The lowest BCUT2D eigenvalue weighted by atomic mass is 9.74. The molecule has 0 heterocycles. The van der Waals surface area contributed by atoms with Crippen molar-refractivity contribution in [1.82, 2.24) is 5.32 Å². The highest BCUT2D eigenvalue weighted by atomic mass is 35.5. The maximum absolute atomic E-state index is 9.67. The molecule has 0 atom stereocenters. The third-order valence-electron chi connectivity index (χ3n) is 4.37. The third-order valence-corrected chi connectivity index (χ3v) is 4.60. The maximum atomic E-state index is 9.67. The first-order valence-corrected chi connectivity index (χ1v) is 7.60. The summed E-state index contributed by atoms with van der Waals surface area (Å²) >= 11 is 5.96. The Morgan fingerprint density at radius 3 is 2.63 bits per heavy atom. The number of benzene rings is 1. The van der Waals surface area contributed by atoms with Crippen molar-refractivity contribution >= 4 is 11.6 Å². The van der Waals surface area contributed by atoms with Crippen LogP contribution in [0.2, 0.25) is 5.02 Å². The van der Waals surface area contributed by atoms with Crippen LogP contribution in [0.4, 0.5) is 0 Å². The smallest absolute Gasteiger partial charge is 0.0499 e. The fourth-order valence-corrected chi connectivity index (χ4v) is 3.24. The molecule has 1 aromatic rings. The van der Waals surface area contributed by atoms with Gasteiger partial charge in [-0.05, 0) is 43.0 Å². The normalized spacial score (nSPS) is 18.5. The zero-order chi connectivity index (χ0) is 13.7. The monoisotopic (exact) mass is 281 g/mol. The van der Waals surface area contributed by atoms with Gasteiger partial charge in [-0.25, -0.2) is 0 Å². The molecule has 106 valence electrons. The predicted molar refractivity (Wildman–Crippen MR) is 80.5 cm³/mol. The molecule has 0 saturated heterocycles. The lowest BCUT2D eigenvalue weighted by Gasteiger charge is -2.35. The summed E-state index contributed by atoms with van der Waals surface area (Å²) in [5, 5.41) is 14.0. The minimum Gasteiger partial charge on any atom is -0.396 e. The number of aliphatic hydroxyl groups excluding tert-OH is 1. The SMILES string of the molecule is Cc1cc(Cl)ccc1CNCC1(CO)CCCCC1. The van der Waals surface area contributed by atoms with Crippen LogP contribution in [0.1, 0.15) is 43.2 Å². The standard InChI is InChI=1S/C16H24ClNO/c1-13-9-15(17)6-5-14(13)10-18-11-16(12-19)7-3-2-4-8-16/h5-6,9,18-19H,2-4,7-8,10-12H2,1H3. The van der Waals surface area contributed by atoms with E-state index in [-0.39, 0.29) is 5.41 Å². The number of halogens is 1. The van der Waals surface area contributed by atoms with Crippen LogP contribution in [-0.2, 0) is 6.54 Å². The Hall–Kier alpha value is -0.570. The highest BCUT2D eigenvalue weighted by Gasteiger charge is 2.30. The van der Waals surface area contributed by atoms with Gasteiger partial charge in [-0.2, -0.15) is 0 Å². The van der Waals surface area contributed by atoms with Crippen LogP contribution in [0.5, 0.6) is 0 Å². The molecule has 0 spiro atoms. The second-order valence-electron chi connectivity index (χ2n) is 5.89. The largest absolute Gasteiger partial charge is 0.396 e. The Morgan fingerprint density at radius 2 is 2.00 bits per heavy atom. The van der Waals surface area contributed by atoms with Crippen LogP contribution in [0.15, 0.2) is 18.2 Å². The molecule has 1 saturated carbocycles. The van der Waals surface area contributed by atoms with Crippen LogP contribution in [0, 0.1) is 12.3 Å². The third kappa shape index (κ3) is 3.95. The summed E-state index contributed by atoms with van der Waals surface area (Å²) in [6.45, 7) is 4.15. The van der Waals surface area contributed by atoms with E-state index < -0.39 is 0 Å². The second kappa shape index (κ2) is 6.74. The van der Waals surface area contributed by atoms with Gasteiger partial charge in [0.2, 0.25) is 0 Å². The van der Waals surface area contributed by atoms with Gasteiger partial charge in [0.1, 0.15) is 0 Å².